The number of benzene rings is 2. The molecule has 2 aliphatic heterocycles. The van der Waals surface area contributed by atoms with Crippen molar-refractivity contribution in [3.63, 3.8) is 0 Å². The summed E-state index contributed by atoms with van der Waals surface area (Å²) >= 11 is 9.48. The topological polar surface area (TPSA) is 43.9 Å². The number of fused-ring (bicyclic) bond motifs is 1. The van der Waals surface area contributed by atoms with E-state index in [0.717, 1.165) is 13.1 Å². The van der Waals surface area contributed by atoms with Gasteiger partial charge in [0, 0.05) is 47.8 Å². The van der Waals surface area contributed by atoms with Crippen LogP contribution >= 0.6 is 27.5 Å². The van der Waals surface area contributed by atoms with Crippen LogP contribution in [-0.4, -0.2) is 54.3 Å². The van der Waals surface area contributed by atoms with E-state index in [-0.39, 0.29) is 5.82 Å². The van der Waals surface area contributed by atoms with Gasteiger partial charge in [0.05, 0.1) is 17.9 Å². The lowest BCUT2D eigenvalue weighted by Gasteiger charge is -2.36. The lowest BCUT2D eigenvalue weighted by atomic mass is 10.1. The quantitative estimate of drug-likeness (QED) is 0.647. The second-order valence-electron chi connectivity index (χ2n) is 6.93. The number of carbonyl (C=O) groups excluding carboxylic acids is 2. The Hall–Kier alpha value is -1.80. The molecule has 28 heavy (non-hydrogen) atoms. The van der Waals surface area contributed by atoms with Gasteiger partial charge in [0.1, 0.15) is 5.82 Å². The van der Waals surface area contributed by atoms with Crippen LogP contribution in [-0.2, 0) is 11.3 Å². The van der Waals surface area contributed by atoms with E-state index < -0.39 is 11.7 Å². The normalized spacial score (nSPS) is 18.0. The van der Waals surface area contributed by atoms with E-state index in [4.69, 9.17) is 11.6 Å². The number of nitrogens with zero attached hydrogens (tertiary/aromatic N) is 3. The van der Waals surface area contributed by atoms with Crippen LogP contribution in [0.4, 0.5) is 10.1 Å². The molecule has 1 amide bonds. The van der Waals surface area contributed by atoms with Crippen molar-refractivity contribution in [2.75, 3.05) is 37.7 Å². The zero-order valence-electron chi connectivity index (χ0n) is 15.0. The summed E-state index contributed by atoms with van der Waals surface area (Å²) in [6.07, 6.45) is 0. The molecule has 0 aromatic heterocycles. The molecule has 0 spiro atoms. The van der Waals surface area contributed by atoms with Crippen LogP contribution in [0, 0.1) is 5.82 Å². The third-order valence-corrected chi connectivity index (χ3v) is 6.21. The van der Waals surface area contributed by atoms with Gasteiger partial charge in [-0.05, 0) is 40.2 Å². The fourth-order valence-electron chi connectivity index (χ4n) is 3.64. The van der Waals surface area contributed by atoms with Crippen molar-refractivity contribution in [3.8, 4) is 0 Å². The van der Waals surface area contributed by atoms with Gasteiger partial charge in [0.25, 0.3) is 5.78 Å². The lowest BCUT2D eigenvalue weighted by molar-refractivity contribution is -0.114. The summed E-state index contributed by atoms with van der Waals surface area (Å²) < 4.78 is 14.6. The molecule has 2 aromatic carbocycles. The summed E-state index contributed by atoms with van der Waals surface area (Å²) in [7, 11) is 0. The fourth-order valence-corrected chi connectivity index (χ4v) is 4.40. The molecular formula is C20H18BrClFN3O2. The van der Waals surface area contributed by atoms with Crippen LogP contribution in [0.15, 0.2) is 40.9 Å². The van der Waals surface area contributed by atoms with Crippen molar-refractivity contribution in [2.24, 2.45) is 0 Å². The van der Waals surface area contributed by atoms with E-state index in [2.05, 4.69) is 25.7 Å². The van der Waals surface area contributed by atoms with Gasteiger partial charge in [0.2, 0.25) is 0 Å². The summed E-state index contributed by atoms with van der Waals surface area (Å²) in [6.45, 7) is 3.71. The van der Waals surface area contributed by atoms with Gasteiger partial charge in [-0.3, -0.25) is 24.3 Å². The first-order chi connectivity index (χ1) is 13.5. The number of halogens is 3. The van der Waals surface area contributed by atoms with Gasteiger partial charge in [-0.1, -0.05) is 23.7 Å². The maximum atomic E-state index is 14.0. The van der Waals surface area contributed by atoms with Gasteiger partial charge in [-0.2, -0.15) is 0 Å². The molecule has 0 aliphatic carbocycles. The average molecular weight is 467 g/mol. The van der Waals surface area contributed by atoms with Crippen molar-refractivity contribution in [3.05, 3.63) is 62.8 Å². The highest BCUT2D eigenvalue weighted by Gasteiger charge is 2.38. The Morgan fingerprint density at radius 1 is 1.00 bits per heavy atom. The number of amides is 1. The van der Waals surface area contributed by atoms with Crippen LogP contribution in [0.25, 0.3) is 0 Å². The maximum absolute atomic E-state index is 14.0. The van der Waals surface area contributed by atoms with E-state index in [1.165, 1.54) is 11.0 Å². The summed E-state index contributed by atoms with van der Waals surface area (Å²) in [6, 6.07) is 10.1. The SMILES string of the molecule is O=C1C(=O)N(CN2CCN(Cc3c(F)cccc3Cl)CC2)c2cccc(Br)c21. The molecular weight excluding hydrogens is 449 g/mol. The van der Waals surface area contributed by atoms with Crippen molar-refractivity contribution in [1.82, 2.24) is 9.80 Å². The molecule has 2 aromatic rings. The minimum atomic E-state index is -0.498. The number of piperazine rings is 1. The first-order valence-electron chi connectivity index (χ1n) is 8.98. The third kappa shape index (κ3) is 3.59. The molecule has 8 heteroatoms. The van der Waals surface area contributed by atoms with Crippen LogP contribution in [0.3, 0.4) is 0 Å². The molecule has 0 bridgehead atoms. The van der Waals surface area contributed by atoms with E-state index >= 15 is 0 Å². The molecule has 0 radical (unpaired) electrons. The van der Waals surface area contributed by atoms with Crippen molar-refractivity contribution >= 4 is 44.9 Å². The zero-order chi connectivity index (χ0) is 19.8. The van der Waals surface area contributed by atoms with E-state index in [9.17, 15) is 14.0 Å². The van der Waals surface area contributed by atoms with Crippen LogP contribution < -0.4 is 4.90 Å². The Labute approximate surface area is 175 Å². The largest absolute Gasteiger partial charge is 0.300 e. The molecule has 4 rings (SSSR count). The zero-order valence-corrected chi connectivity index (χ0v) is 17.3. The van der Waals surface area contributed by atoms with Crippen molar-refractivity contribution in [2.45, 2.75) is 6.54 Å². The summed E-state index contributed by atoms with van der Waals surface area (Å²) in [4.78, 5) is 30.5. The Kier molecular flexibility index (Phi) is 5.51. The summed E-state index contributed by atoms with van der Waals surface area (Å²) in [5.74, 6) is -1.27. The Bertz CT molecular complexity index is 927. The Morgan fingerprint density at radius 3 is 2.39 bits per heavy atom. The smallest absolute Gasteiger partial charge is 0.296 e. The highest BCUT2D eigenvalue weighted by molar-refractivity contribution is 9.10. The molecule has 2 heterocycles. The molecule has 0 saturated carbocycles. The predicted octanol–water partition coefficient (Wildman–Crippen LogP) is 3.55. The van der Waals surface area contributed by atoms with E-state index in [0.29, 0.717) is 52.6 Å². The van der Waals surface area contributed by atoms with Crippen molar-refractivity contribution < 1.29 is 14.0 Å². The first kappa shape index (κ1) is 19.5. The molecule has 0 atom stereocenters. The number of ketones is 1. The minimum absolute atomic E-state index is 0.293. The third-order valence-electron chi connectivity index (χ3n) is 5.20. The molecule has 5 nitrogen and oxygen atoms in total. The van der Waals surface area contributed by atoms with Crippen LogP contribution in [0.1, 0.15) is 15.9 Å². The van der Waals surface area contributed by atoms with Gasteiger partial charge in [-0.25, -0.2) is 4.39 Å². The molecule has 1 fully saturated rings. The van der Waals surface area contributed by atoms with Gasteiger partial charge in [-0.15, -0.1) is 0 Å². The number of anilines is 1. The maximum Gasteiger partial charge on any atom is 0.300 e. The molecule has 0 unspecified atom stereocenters. The number of hydrogen-bond donors (Lipinski definition) is 0. The van der Waals surface area contributed by atoms with Crippen LogP contribution in [0.2, 0.25) is 5.02 Å². The number of Topliss-reactive ketones (excluding diaryl/α,β-unsaturated/α-hetero) is 1. The summed E-state index contributed by atoms with van der Waals surface area (Å²) in [5.41, 5.74) is 1.59. The van der Waals surface area contributed by atoms with E-state index in [1.54, 1.807) is 24.3 Å². The Morgan fingerprint density at radius 2 is 1.68 bits per heavy atom. The highest BCUT2D eigenvalue weighted by atomic mass is 79.9. The van der Waals surface area contributed by atoms with Gasteiger partial charge >= 0.3 is 5.91 Å². The fraction of sp³-hybridized carbons (Fsp3) is 0.300. The average Bonchev–Trinajstić information content (AvgIpc) is 2.92. The molecule has 1 saturated heterocycles. The number of rotatable bonds is 4. The minimum Gasteiger partial charge on any atom is -0.296 e. The highest BCUT2D eigenvalue weighted by Crippen LogP contribution is 2.34. The number of carbonyl (C=O) groups is 2. The van der Waals surface area contributed by atoms with Crippen molar-refractivity contribution in [1.29, 1.82) is 0 Å². The standard InChI is InChI=1S/C20H18BrClFN3O2/c21-14-3-1-6-17-18(14)19(27)20(28)26(17)12-25-9-7-24(8-10-25)11-13-15(22)4-2-5-16(13)23/h1-6H,7-12H2. The van der Waals surface area contributed by atoms with Gasteiger partial charge < -0.3 is 0 Å². The molecule has 146 valence electrons. The van der Waals surface area contributed by atoms with E-state index in [1.807, 2.05) is 6.07 Å². The monoisotopic (exact) mass is 465 g/mol. The molecule has 2 aliphatic rings. The summed E-state index contributed by atoms with van der Waals surface area (Å²) in [5, 5.41) is 0.436. The lowest BCUT2D eigenvalue weighted by Crippen LogP contribution is -2.50. The number of hydrogen-bond acceptors (Lipinski definition) is 4. The molecule has 0 N–H and O–H groups in total. The second kappa shape index (κ2) is 7.91. The first-order valence-corrected chi connectivity index (χ1v) is 10.1. The van der Waals surface area contributed by atoms with Gasteiger partial charge in [0.15, 0.2) is 0 Å². The second-order valence-corrected chi connectivity index (χ2v) is 8.19. The van der Waals surface area contributed by atoms with Crippen LogP contribution in [0.5, 0.6) is 0 Å². The Balaban J connectivity index is 1.40. The predicted molar refractivity (Wildman–Crippen MR) is 109 cm³/mol.